The van der Waals surface area contributed by atoms with Gasteiger partial charge in [-0.05, 0) is 116 Å². The third-order valence-corrected chi connectivity index (χ3v) is 14.8. The van der Waals surface area contributed by atoms with Crippen LogP contribution in [0.5, 0.6) is 0 Å². The van der Waals surface area contributed by atoms with E-state index < -0.39 is 5.41 Å². The summed E-state index contributed by atoms with van der Waals surface area (Å²) in [6.45, 7) is 17.3. The fourth-order valence-electron chi connectivity index (χ4n) is 12.9. The molecule has 6 heterocycles. The average Bonchev–Trinajstić information content (AvgIpc) is 3.31. The smallest absolute Gasteiger partial charge is 0.245 e. The zero-order chi connectivity index (χ0) is 40.9. The van der Waals surface area contributed by atoms with Gasteiger partial charge in [-0.15, -0.1) is 0 Å². The summed E-state index contributed by atoms with van der Waals surface area (Å²) in [5.74, 6) is 0. The third-order valence-electron chi connectivity index (χ3n) is 14.8. The van der Waals surface area contributed by atoms with Crippen LogP contribution >= 0.6 is 0 Å². The molecule has 1 atom stereocenters. The Morgan fingerprint density at radius 3 is 1.77 bits per heavy atom. The highest BCUT2D eigenvalue weighted by Gasteiger charge is 2.58. The molecule has 0 fully saturated rings. The molecule has 6 aliphatic rings. The summed E-state index contributed by atoms with van der Waals surface area (Å²) < 4.78 is 0. The molecule has 14 rings (SSSR count). The van der Waals surface area contributed by atoms with Crippen LogP contribution in [0, 0.1) is 6.92 Å². The van der Waals surface area contributed by atoms with Crippen molar-refractivity contribution in [2.24, 2.45) is 0 Å². The van der Waals surface area contributed by atoms with Crippen LogP contribution in [0.4, 0.5) is 17.1 Å². The van der Waals surface area contributed by atoms with Crippen LogP contribution in [0.2, 0.25) is 0 Å². The van der Waals surface area contributed by atoms with Crippen molar-refractivity contribution in [1.29, 1.82) is 0 Å². The zero-order valence-electron chi connectivity index (χ0n) is 35.9. The number of aryl methyl sites for hydroxylation is 2. The van der Waals surface area contributed by atoms with Gasteiger partial charge in [-0.3, -0.25) is 0 Å². The second-order valence-corrected chi connectivity index (χ2v) is 16.8. The highest BCUT2D eigenvalue weighted by molar-refractivity contribution is 7.01. The molecule has 288 valence electrons. The molecule has 0 amide bonds. The lowest BCUT2D eigenvalue weighted by Crippen LogP contribution is -2.67. The molecule has 60 heavy (non-hydrogen) atoms. The average molecular weight is 770 g/mol. The minimum absolute atomic E-state index is 0.158. The molecule has 0 N–H and O–H groups in total. The summed E-state index contributed by atoms with van der Waals surface area (Å²) in [5, 5.41) is 5.44. The van der Waals surface area contributed by atoms with Crippen LogP contribution in [0.1, 0.15) is 104 Å². The predicted octanol–water partition coefficient (Wildman–Crippen LogP) is 13.4. The Hall–Kier alpha value is -6.38. The van der Waals surface area contributed by atoms with Gasteiger partial charge in [0.15, 0.2) is 0 Å². The monoisotopic (exact) mass is 769 g/mol. The molecule has 8 aromatic carbocycles. The molecule has 1 nitrogen and oxygen atoms in total. The zero-order valence-corrected chi connectivity index (χ0v) is 35.9. The van der Waals surface area contributed by atoms with E-state index in [1.807, 2.05) is 27.7 Å². The summed E-state index contributed by atoms with van der Waals surface area (Å²) >= 11 is 0. The maximum Gasteiger partial charge on any atom is 0.245 e. The Balaban J connectivity index is 0.000000944. The molecular formula is C58H48BN. The van der Waals surface area contributed by atoms with Gasteiger partial charge in [-0.2, -0.15) is 0 Å². The molecule has 1 spiro atoms. The van der Waals surface area contributed by atoms with Crippen molar-refractivity contribution in [2.45, 2.75) is 67.2 Å². The van der Waals surface area contributed by atoms with Gasteiger partial charge in [-0.1, -0.05) is 184 Å². The highest BCUT2D eigenvalue weighted by atomic mass is 15.2. The summed E-state index contributed by atoms with van der Waals surface area (Å²) in [7, 11) is 0. The number of benzene rings is 8. The summed E-state index contributed by atoms with van der Waals surface area (Å²) in [6.07, 6.45) is 5.77. The predicted molar refractivity (Wildman–Crippen MR) is 259 cm³/mol. The van der Waals surface area contributed by atoms with E-state index in [0.29, 0.717) is 0 Å². The van der Waals surface area contributed by atoms with Gasteiger partial charge in [0.2, 0.25) is 6.71 Å². The van der Waals surface area contributed by atoms with E-state index in [1.54, 1.807) is 0 Å². The van der Waals surface area contributed by atoms with Gasteiger partial charge in [0.05, 0.1) is 22.5 Å². The van der Waals surface area contributed by atoms with Crippen LogP contribution < -0.4 is 21.3 Å². The number of nitrogens with zero attached hydrogens (tertiary/aromatic N) is 1. The Morgan fingerprint density at radius 2 is 1.03 bits per heavy atom. The Bertz CT molecular complexity index is 3330. The van der Waals surface area contributed by atoms with E-state index in [1.165, 1.54) is 144 Å². The maximum absolute atomic E-state index is 2.72. The van der Waals surface area contributed by atoms with E-state index in [4.69, 9.17) is 0 Å². The van der Waals surface area contributed by atoms with Gasteiger partial charge in [0, 0.05) is 22.1 Å². The van der Waals surface area contributed by atoms with Gasteiger partial charge < -0.3 is 4.90 Å². The number of para-hydroxylation sites is 1. The lowest BCUT2D eigenvalue weighted by atomic mass is 9.25. The van der Waals surface area contributed by atoms with Crippen molar-refractivity contribution in [1.82, 2.24) is 0 Å². The number of fused-ring (bicyclic) bond motifs is 6. The largest absolute Gasteiger partial charge is 0.307 e. The fraction of sp³-hybridized carbons (Fsp3) is 0.172. The van der Waals surface area contributed by atoms with Crippen molar-refractivity contribution in [3.63, 3.8) is 0 Å². The van der Waals surface area contributed by atoms with Gasteiger partial charge in [-0.25, -0.2) is 0 Å². The number of anilines is 3. The molecule has 8 aromatic rings. The van der Waals surface area contributed by atoms with E-state index in [9.17, 15) is 0 Å². The molecule has 0 radical (unpaired) electrons. The van der Waals surface area contributed by atoms with E-state index in [-0.39, 0.29) is 6.71 Å². The fourth-order valence-corrected chi connectivity index (χ4v) is 12.9. The summed E-state index contributed by atoms with van der Waals surface area (Å²) in [4.78, 5) is 2.72. The Kier molecular flexibility index (Phi) is 7.31. The lowest BCUT2D eigenvalue weighted by Gasteiger charge is -2.55. The van der Waals surface area contributed by atoms with Crippen LogP contribution in [-0.2, 0) is 11.8 Å². The van der Waals surface area contributed by atoms with Gasteiger partial charge in [0.25, 0.3) is 0 Å². The maximum atomic E-state index is 2.72. The van der Waals surface area contributed by atoms with Crippen LogP contribution in [-0.4, -0.2) is 6.71 Å². The Morgan fingerprint density at radius 1 is 0.483 bits per heavy atom. The first-order chi connectivity index (χ1) is 29.6. The van der Waals surface area contributed by atoms with Crippen molar-refractivity contribution < 1.29 is 0 Å². The van der Waals surface area contributed by atoms with E-state index in [2.05, 4.69) is 166 Å². The normalized spacial score (nSPS) is 17.8. The second-order valence-electron chi connectivity index (χ2n) is 16.8. The summed E-state index contributed by atoms with van der Waals surface area (Å²) in [6, 6.07) is 48.0. The van der Waals surface area contributed by atoms with Crippen LogP contribution in [0.3, 0.4) is 0 Å². The van der Waals surface area contributed by atoms with Crippen molar-refractivity contribution in [3.05, 3.63) is 189 Å². The second kappa shape index (κ2) is 12.3. The molecule has 0 saturated carbocycles. The lowest BCUT2D eigenvalue weighted by molar-refractivity contribution is 0.736. The summed E-state index contributed by atoms with van der Waals surface area (Å²) in [5.41, 5.74) is 30.2. The molecule has 0 aromatic heterocycles. The molecule has 0 aliphatic carbocycles. The minimum atomic E-state index is -0.556. The van der Waals surface area contributed by atoms with Crippen LogP contribution in [0.25, 0.3) is 54.9 Å². The standard InChI is InChI=1S/C54H36BN.2C2H6/c1-5-29-21-25-40-49-45(29)32(6-2)36-16-10-17-37-34-14-8-12-30-22-26-41(50(46(30)34)55(49)48(36)37)54(40)42-24-20-28(4)44-33(7-3)38-18-11-19-39-35-15-9-13-31-23-27-43(54)53(47(31)35)56(51(38)39)52(42)44;2*1-2/h6-27H,5H2,1-4H3;2*1-2H3/b32-6-,33-7-;;. The molecule has 2 heteroatoms. The number of allylic oxidation sites excluding steroid dienone is 2. The van der Waals surface area contributed by atoms with Crippen molar-refractivity contribution >= 4 is 72.9 Å². The van der Waals surface area contributed by atoms with Gasteiger partial charge >= 0.3 is 0 Å². The first kappa shape index (κ1) is 35.6. The van der Waals surface area contributed by atoms with Gasteiger partial charge in [0.1, 0.15) is 0 Å². The van der Waals surface area contributed by atoms with Crippen LogP contribution in [0.15, 0.2) is 133 Å². The number of rotatable bonds is 1. The molecule has 0 bridgehead atoms. The number of hydrogen-bond acceptors (Lipinski definition) is 1. The highest BCUT2D eigenvalue weighted by Crippen LogP contribution is 2.68. The topological polar surface area (TPSA) is 3.24 Å². The first-order valence-electron chi connectivity index (χ1n) is 22.4. The first-order valence-corrected chi connectivity index (χ1v) is 22.4. The van der Waals surface area contributed by atoms with Crippen molar-refractivity contribution in [3.8, 4) is 22.3 Å². The molecule has 1 unspecified atom stereocenters. The van der Waals surface area contributed by atoms with E-state index in [0.717, 1.165) is 6.42 Å². The quantitative estimate of drug-likeness (QED) is 0.150. The molecule has 6 aliphatic heterocycles. The molecule has 0 saturated heterocycles. The molecular weight excluding hydrogens is 721 g/mol. The third kappa shape index (κ3) is 3.76. The minimum Gasteiger partial charge on any atom is -0.307 e. The Labute approximate surface area is 354 Å². The van der Waals surface area contributed by atoms with Crippen molar-refractivity contribution in [2.75, 3.05) is 4.90 Å². The number of hydrogen-bond donors (Lipinski definition) is 0. The van der Waals surface area contributed by atoms with E-state index >= 15 is 0 Å². The SMILES string of the molecule is C/C=C1/c2cccc3c2B2c4c(ccc(CC)c41)C1(c4ccc(C)c5c4N4c6c(cccc6-c6cccc7ccc1c4c67)/C5=C/C)c1ccc4cccc-3c4c12.CC.CC.